The van der Waals surface area contributed by atoms with Gasteiger partial charge in [0.25, 0.3) is 0 Å². The Labute approximate surface area is 180 Å². The van der Waals surface area contributed by atoms with E-state index in [0.29, 0.717) is 43.4 Å². The molecule has 1 aromatic heterocycles. The number of nitrogens with zero attached hydrogens (tertiary/aromatic N) is 2. The Balaban J connectivity index is 1.94. The Morgan fingerprint density at radius 3 is 2.21 bits per heavy atom. The van der Waals surface area contributed by atoms with Gasteiger partial charge in [0, 0.05) is 17.5 Å². The zero-order chi connectivity index (χ0) is 20.3. The van der Waals surface area contributed by atoms with Crippen LogP contribution in [0.1, 0.15) is 28.6 Å². The van der Waals surface area contributed by atoms with E-state index in [2.05, 4.69) is 10.3 Å². The van der Waals surface area contributed by atoms with Crippen LogP contribution in [-0.4, -0.2) is 17.3 Å². The van der Waals surface area contributed by atoms with Crippen LogP contribution in [0.3, 0.4) is 0 Å². The molecule has 1 heterocycles. The summed E-state index contributed by atoms with van der Waals surface area (Å²) in [6, 6.07) is 9.93. The summed E-state index contributed by atoms with van der Waals surface area (Å²) in [4.78, 5) is 17.7. The van der Waals surface area contributed by atoms with Crippen LogP contribution in [0, 0.1) is 0 Å². The number of aromatic nitrogens is 1. The first-order valence-corrected chi connectivity index (χ1v) is 9.56. The predicted molar refractivity (Wildman–Crippen MR) is 111 cm³/mol. The maximum Gasteiger partial charge on any atom is 0.371 e. The first-order valence-electron chi connectivity index (χ1n) is 8.05. The molecule has 144 valence electrons. The molecule has 0 N–H and O–H groups in total. The van der Waals surface area contributed by atoms with E-state index in [1.165, 1.54) is 6.21 Å². The van der Waals surface area contributed by atoms with Gasteiger partial charge >= 0.3 is 5.97 Å². The standard InChI is InChI=1S/C19H12Cl4N2O3/c1-2-15-17(18(25-27-15)16-13(22)7-4-8-14(16)23)19(26)28-24-9-10-11(20)5-3-6-12(10)21/h3-9H,2H2,1H3/b24-9+. The van der Waals surface area contributed by atoms with Crippen molar-refractivity contribution in [2.24, 2.45) is 5.16 Å². The molecule has 0 amide bonds. The molecule has 28 heavy (non-hydrogen) atoms. The largest absolute Gasteiger partial charge is 0.371 e. The molecule has 0 radical (unpaired) electrons. The fourth-order valence-corrected chi connectivity index (χ4v) is 3.55. The molecule has 0 aliphatic heterocycles. The van der Waals surface area contributed by atoms with E-state index in [-0.39, 0.29) is 11.3 Å². The molecule has 0 aliphatic rings. The summed E-state index contributed by atoms with van der Waals surface area (Å²) in [7, 11) is 0. The number of benzene rings is 2. The van der Waals surface area contributed by atoms with Gasteiger partial charge in [0.15, 0.2) is 5.76 Å². The van der Waals surface area contributed by atoms with Crippen molar-refractivity contribution in [1.82, 2.24) is 5.16 Å². The summed E-state index contributed by atoms with van der Waals surface area (Å²) >= 11 is 24.6. The number of carbonyl (C=O) groups is 1. The van der Waals surface area contributed by atoms with Crippen LogP contribution in [0.25, 0.3) is 11.3 Å². The van der Waals surface area contributed by atoms with Gasteiger partial charge in [-0.05, 0) is 24.3 Å². The van der Waals surface area contributed by atoms with Gasteiger partial charge in [-0.3, -0.25) is 0 Å². The second-order valence-corrected chi connectivity index (χ2v) is 7.16. The minimum atomic E-state index is -0.775. The number of oxime groups is 1. The molecular weight excluding hydrogens is 446 g/mol. The average molecular weight is 458 g/mol. The molecule has 0 aliphatic carbocycles. The smallest absolute Gasteiger partial charge is 0.360 e. The highest BCUT2D eigenvalue weighted by molar-refractivity contribution is 6.39. The number of hydrogen-bond acceptors (Lipinski definition) is 5. The first kappa shape index (κ1) is 20.7. The molecule has 0 unspecified atom stereocenters. The predicted octanol–water partition coefficient (Wildman–Crippen LogP) is 6.71. The zero-order valence-electron chi connectivity index (χ0n) is 14.4. The van der Waals surface area contributed by atoms with Crippen LogP contribution in [0.2, 0.25) is 20.1 Å². The molecule has 3 rings (SSSR count). The minimum Gasteiger partial charge on any atom is -0.360 e. The van der Waals surface area contributed by atoms with E-state index in [1.54, 1.807) is 36.4 Å². The number of carbonyl (C=O) groups excluding carboxylic acids is 1. The Bertz CT molecular complexity index is 1020. The second kappa shape index (κ2) is 8.97. The quantitative estimate of drug-likeness (QED) is 0.242. The lowest BCUT2D eigenvalue weighted by Gasteiger charge is -2.05. The van der Waals surface area contributed by atoms with Crippen LogP contribution >= 0.6 is 46.4 Å². The van der Waals surface area contributed by atoms with Crippen LogP contribution < -0.4 is 0 Å². The summed E-state index contributed by atoms with van der Waals surface area (Å²) in [6.45, 7) is 1.81. The van der Waals surface area contributed by atoms with E-state index in [0.717, 1.165) is 0 Å². The van der Waals surface area contributed by atoms with Gasteiger partial charge in [-0.2, -0.15) is 0 Å². The van der Waals surface area contributed by atoms with Gasteiger partial charge in [-0.1, -0.05) is 75.8 Å². The maximum atomic E-state index is 12.7. The molecule has 9 heteroatoms. The lowest BCUT2D eigenvalue weighted by molar-refractivity contribution is 0.0517. The number of hydrogen-bond donors (Lipinski definition) is 0. The molecule has 5 nitrogen and oxygen atoms in total. The number of aryl methyl sites for hydroxylation is 1. The third-order valence-electron chi connectivity index (χ3n) is 3.80. The molecule has 0 atom stereocenters. The van der Waals surface area contributed by atoms with Gasteiger partial charge < -0.3 is 9.36 Å². The second-order valence-electron chi connectivity index (χ2n) is 5.53. The van der Waals surface area contributed by atoms with Crippen LogP contribution in [0.5, 0.6) is 0 Å². The summed E-state index contributed by atoms with van der Waals surface area (Å²) in [6.07, 6.45) is 1.66. The van der Waals surface area contributed by atoms with E-state index in [9.17, 15) is 4.79 Å². The van der Waals surface area contributed by atoms with Crippen molar-refractivity contribution in [3.63, 3.8) is 0 Å². The van der Waals surface area contributed by atoms with Crippen molar-refractivity contribution in [3.8, 4) is 11.3 Å². The molecule has 0 spiro atoms. The van der Waals surface area contributed by atoms with Crippen molar-refractivity contribution in [2.45, 2.75) is 13.3 Å². The summed E-state index contributed by atoms with van der Waals surface area (Å²) in [5, 5.41) is 9.04. The maximum absolute atomic E-state index is 12.7. The molecule has 0 saturated carbocycles. The molecule has 0 bridgehead atoms. The van der Waals surface area contributed by atoms with Gasteiger partial charge in [0.2, 0.25) is 0 Å². The van der Waals surface area contributed by atoms with Crippen molar-refractivity contribution in [1.29, 1.82) is 0 Å². The fourth-order valence-electron chi connectivity index (χ4n) is 2.48. The van der Waals surface area contributed by atoms with Crippen molar-refractivity contribution >= 4 is 58.6 Å². The Hall–Kier alpha value is -2.05. The first-order chi connectivity index (χ1) is 13.4. The van der Waals surface area contributed by atoms with Crippen LogP contribution in [0.15, 0.2) is 46.1 Å². The third-order valence-corrected chi connectivity index (χ3v) is 5.09. The third kappa shape index (κ3) is 4.18. The topological polar surface area (TPSA) is 64.7 Å². The van der Waals surface area contributed by atoms with Crippen LogP contribution in [-0.2, 0) is 11.3 Å². The SMILES string of the molecule is CCc1onc(-c2c(Cl)cccc2Cl)c1C(=O)O/N=C/c1c(Cl)cccc1Cl. The van der Waals surface area contributed by atoms with E-state index in [4.69, 9.17) is 55.8 Å². The van der Waals surface area contributed by atoms with E-state index < -0.39 is 5.97 Å². The minimum absolute atomic E-state index is 0.0971. The highest BCUT2D eigenvalue weighted by Gasteiger charge is 2.27. The molecular formula is C19H12Cl4N2O3. The average Bonchev–Trinajstić information content (AvgIpc) is 3.07. The zero-order valence-corrected chi connectivity index (χ0v) is 17.4. The van der Waals surface area contributed by atoms with Crippen molar-refractivity contribution < 1.29 is 14.2 Å². The highest BCUT2D eigenvalue weighted by atomic mass is 35.5. The lowest BCUT2D eigenvalue weighted by Crippen LogP contribution is -2.05. The van der Waals surface area contributed by atoms with Crippen molar-refractivity contribution in [3.05, 3.63) is 73.4 Å². The molecule has 0 fully saturated rings. The lowest BCUT2D eigenvalue weighted by atomic mass is 10.1. The van der Waals surface area contributed by atoms with E-state index >= 15 is 0 Å². The van der Waals surface area contributed by atoms with Crippen LogP contribution in [0.4, 0.5) is 0 Å². The summed E-state index contributed by atoms with van der Waals surface area (Å²) in [5.41, 5.74) is 1.08. The Kier molecular flexibility index (Phi) is 6.62. The molecule has 3 aromatic rings. The van der Waals surface area contributed by atoms with E-state index in [1.807, 2.05) is 6.92 Å². The summed E-state index contributed by atoms with van der Waals surface area (Å²) in [5.74, 6) is -0.453. The normalized spacial score (nSPS) is 11.2. The highest BCUT2D eigenvalue weighted by Crippen LogP contribution is 2.37. The van der Waals surface area contributed by atoms with Crippen molar-refractivity contribution in [2.75, 3.05) is 0 Å². The van der Waals surface area contributed by atoms with Gasteiger partial charge in [0.1, 0.15) is 11.3 Å². The molecule has 2 aromatic carbocycles. The number of halogens is 4. The Morgan fingerprint density at radius 1 is 1.07 bits per heavy atom. The van der Waals surface area contributed by atoms with Gasteiger partial charge in [-0.15, -0.1) is 0 Å². The Morgan fingerprint density at radius 2 is 1.64 bits per heavy atom. The van der Waals surface area contributed by atoms with Gasteiger partial charge in [-0.25, -0.2) is 4.79 Å². The monoisotopic (exact) mass is 456 g/mol. The van der Waals surface area contributed by atoms with Gasteiger partial charge in [0.05, 0.1) is 26.3 Å². The fraction of sp³-hybridized carbons (Fsp3) is 0.105. The molecule has 0 saturated heterocycles. The summed E-state index contributed by atoms with van der Waals surface area (Å²) < 4.78 is 5.27. The number of rotatable bonds is 5.